The highest BCUT2D eigenvalue weighted by atomic mass is 127. The lowest BCUT2D eigenvalue weighted by Gasteiger charge is -2.33. The van der Waals surface area contributed by atoms with Crippen molar-refractivity contribution in [2.45, 2.75) is 38.6 Å². The maximum atomic E-state index is 11.7. The van der Waals surface area contributed by atoms with Gasteiger partial charge in [-0.25, -0.2) is 0 Å². The van der Waals surface area contributed by atoms with Crippen LogP contribution >= 0.6 is 24.0 Å². The number of carbonyl (C=O) groups is 1. The van der Waals surface area contributed by atoms with Gasteiger partial charge in [0, 0.05) is 45.9 Å². The number of halogens is 1. The van der Waals surface area contributed by atoms with Crippen LogP contribution in [-0.4, -0.2) is 87.9 Å². The first kappa shape index (κ1) is 23.4. The molecule has 1 N–H and O–H groups in total. The number of hydrogen-bond acceptors (Lipinski definition) is 5. The van der Waals surface area contributed by atoms with Crippen molar-refractivity contribution >= 4 is 35.9 Å². The predicted molar refractivity (Wildman–Crippen MR) is 114 cm³/mol. The quantitative estimate of drug-likeness (QED) is 0.233. The van der Waals surface area contributed by atoms with Gasteiger partial charge in [0.2, 0.25) is 0 Å². The second-order valence-corrected chi connectivity index (χ2v) is 6.78. The summed E-state index contributed by atoms with van der Waals surface area (Å²) in [5.74, 6) is 0.914. The second-order valence-electron chi connectivity index (χ2n) is 6.78. The largest absolute Gasteiger partial charge is 0.469 e. The van der Waals surface area contributed by atoms with Crippen molar-refractivity contribution in [2.75, 3.05) is 60.1 Å². The number of aliphatic imine (C=N–C) groups is 1. The molecule has 0 bridgehead atoms. The van der Waals surface area contributed by atoms with Crippen molar-refractivity contribution in [3.05, 3.63) is 0 Å². The number of carbonyl (C=O) groups excluding carboxylic acids is 1. The third-order valence-electron chi connectivity index (χ3n) is 4.96. The average molecular weight is 482 g/mol. The first-order valence-corrected chi connectivity index (χ1v) is 9.53. The summed E-state index contributed by atoms with van der Waals surface area (Å²) in [7, 11) is 3.22. The van der Waals surface area contributed by atoms with Crippen LogP contribution in [0.3, 0.4) is 0 Å². The molecular weight excluding hydrogens is 447 g/mol. The maximum absolute atomic E-state index is 11.7. The Morgan fingerprint density at radius 1 is 1.19 bits per heavy atom. The van der Waals surface area contributed by atoms with E-state index in [2.05, 4.69) is 22.0 Å². The summed E-state index contributed by atoms with van der Waals surface area (Å²) in [5.41, 5.74) is 0. The van der Waals surface area contributed by atoms with E-state index in [0.717, 1.165) is 70.7 Å². The topological polar surface area (TPSA) is 66.4 Å². The molecule has 1 aliphatic heterocycles. The number of nitrogens with zero attached hydrogens (tertiary/aromatic N) is 3. The first-order valence-electron chi connectivity index (χ1n) is 9.53. The normalized spacial score (nSPS) is 18.6. The van der Waals surface area contributed by atoms with Gasteiger partial charge in [-0.1, -0.05) is 0 Å². The Kier molecular flexibility index (Phi) is 11.5. The number of ether oxygens (including phenoxy) is 2. The fourth-order valence-corrected chi connectivity index (χ4v) is 3.33. The average Bonchev–Trinajstić information content (AvgIpc) is 3.48. The van der Waals surface area contributed by atoms with Gasteiger partial charge >= 0.3 is 5.97 Å². The molecule has 7 nitrogen and oxygen atoms in total. The molecule has 0 atom stereocenters. The molecular formula is C18H35IN4O3. The van der Waals surface area contributed by atoms with Crippen molar-refractivity contribution in [3.63, 3.8) is 0 Å². The number of hydrogen-bond donors (Lipinski definition) is 1. The van der Waals surface area contributed by atoms with Crippen LogP contribution in [0.5, 0.6) is 0 Å². The Morgan fingerprint density at radius 3 is 2.42 bits per heavy atom. The fraction of sp³-hybridized carbons (Fsp3) is 0.889. The van der Waals surface area contributed by atoms with Crippen molar-refractivity contribution in [3.8, 4) is 0 Å². The standard InChI is InChI=1S/C18H34N4O3.HI/c1-4-19-18(22-10-7-15(8-11-22)17(23)25-3)20-9-12-21(13-14-24-2)16-5-6-16;/h15-16H,4-14H2,1-3H3,(H,19,20);1H. The number of esters is 1. The first-order chi connectivity index (χ1) is 12.2. The summed E-state index contributed by atoms with van der Waals surface area (Å²) >= 11 is 0. The van der Waals surface area contributed by atoms with Gasteiger partial charge in [0.25, 0.3) is 0 Å². The highest BCUT2D eigenvalue weighted by Gasteiger charge is 2.29. The minimum absolute atomic E-state index is 0. The molecule has 2 rings (SSSR count). The van der Waals surface area contributed by atoms with Crippen LogP contribution in [0.25, 0.3) is 0 Å². The number of nitrogens with one attached hydrogen (secondary N) is 1. The van der Waals surface area contributed by atoms with Gasteiger partial charge in [-0.2, -0.15) is 0 Å². The van der Waals surface area contributed by atoms with Gasteiger partial charge < -0.3 is 19.7 Å². The molecule has 0 amide bonds. The van der Waals surface area contributed by atoms with Crippen LogP contribution in [0, 0.1) is 5.92 Å². The van der Waals surface area contributed by atoms with Gasteiger partial charge in [-0.05, 0) is 32.6 Å². The minimum atomic E-state index is -0.0835. The lowest BCUT2D eigenvalue weighted by Crippen LogP contribution is -2.47. The predicted octanol–water partition coefficient (Wildman–Crippen LogP) is 1.57. The molecule has 8 heteroatoms. The smallest absolute Gasteiger partial charge is 0.308 e. The molecule has 1 heterocycles. The maximum Gasteiger partial charge on any atom is 0.308 e. The molecule has 1 saturated carbocycles. The van der Waals surface area contributed by atoms with Gasteiger partial charge in [-0.3, -0.25) is 14.7 Å². The van der Waals surface area contributed by atoms with Gasteiger partial charge in [0.15, 0.2) is 5.96 Å². The Hall–Kier alpha value is -0.610. The third-order valence-corrected chi connectivity index (χ3v) is 4.96. The van der Waals surface area contributed by atoms with Gasteiger partial charge in [-0.15, -0.1) is 24.0 Å². The summed E-state index contributed by atoms with van der Waals surface area (Å²) in [5, 5.41) is 3.39. The van der Waals surface area contributed by atoms with Crippen molar-refractivity contribution in [1.82, 2.24) is 15.1 Å². The molecule has 0 aromatic carbocycles. The number of piperidine rings is 1. The highest BCUT2D eigenvalue weighted by Crippen LogP contribution is 2.26. The number of rotatable bonds is 9. The lowest BCUT2D eigenvalue weighted by molar-refractivity contribution is -0.146. The number of methoxy groups -OCH3 is 2. The zero-order valence-electron chi connectivity index (χ0n) is 16.4. The van der Waals surface area contributed by atoms with Crippen LogP contribution in [0.4, 0.5) is 0 Å². The molecule has 1 saturated heterocycles. The van der Waals surface area contributed by atoms with E-state index in [1.54, 1.807) is 7.11 Å². The van der Waals surface area contributed by atoms with E-state index >= 15 is 0 Å². The van der Waals surface area contributed by atoms with Crippen LogP contribution < -0.4 is 5.32 Å². The summed E-state index contributed by atoms with van der Waals surface area (Å²) in [6.07, 6.45) is 4.27. The minimum Gasteiger partial charge on any atom is -0.469 e. The Labute approximate surface area is 174 Å². The molecule has 26 heavy (non-hydrogen) atoms. The monoisotopic (exact) mass is 482 g/mol. The second kappa shape index (κ2) is 12.7. The van der Waals surface area contributed by atoms with E-state index in [0.29, 0.717) is 0 Å². The van der Waals surface area contributed by atoms with Gasteiger partial charge in [0.1, 0.15) is 0 Å². The molecule has 2 aliphatic rings. The van der Waals surface area contributed by atoms with Crippen LogP contribution in [0.15, 0.2) is 4.99 Å². The molecule has 0 spiro atoms. The van der Waals surface area contributed by atoms with E-state index in [4.69, 9.17) is 14.5 Å². The Morgan fingerprint density at radius 2 is 1.88 bits per heavy atom. The Balaban J connectivity index is 0.00000338. The molecule has 0 unspecified atom stereocenters. The molecule has 0 aromatic heterocycles. The van der Waals surface area contributed by atoms with Crippen molar-refractivity contribution < 1.29 is 14.3 Å². The SMILES string of the molecule is CCNC(=NCCN(CCOC)C1CC1)N1CCC(C(=O)OC)CC1.I. The van der Waals surface area contributed by atoms with Crippen molar-refractivity contribution in [1.29, 1.82) is 0 Å². The lowest BCUT2D eigenvalue weighted by atomic mass is 9.97. The summed E-state index contributed by atoms with van der Waals surface area (Å²) in [6.45, 7) is 8.17. The zero-order chi connectivity index (χ0) is 18.1. The highest BCUT2D eigenvalue weighted by molar-refractivity contribution is 14.0. The van der Waals surface area contributed by atoms with E-state index < -0.39 is 0 Å². The van der Waals surface area contributed by atoms with E-state index in [-0.39, 0.29) is 35.9 Å². The molecule has 152 valence electrons. The van der Waals surface area contributed by atoms with E-state index in [1.165, 1.54) is 20.0 Å². The third kappa shape index (κ3) is 7.56. The van der Waals surface area contributed by atoms with Crippen LogP contribution in [0.1, 0.15) is 32.6 Å². The van der Waals surface area contributed by atoms with Gasteiger partial charge in [0.05, 0.1) is 26.2 Å². The summed E-state index contributed by atoms with van der Waals surface area (Å²) in [4.78, 5) is 21.2. The summed E-state index contributed by atoms with van der Waals surface area (Å²) < 4.78 is 10.1. The van der Waals surface area contributed by atoms with E-state index in [1.807, 2.05) is 0 Å². The van der Waals surface area contributed by atoms with Crippen molar-refractivity contribution in [2.24, 2.45) is 10.9 Å². The Bertz CT molecular complexity index is 438. The molecule has 0 aromatic rings. The molecule has 2 fully saturated rings. The number of likely N-dealkylation sites (tertiary alicyclic amines) is 1. The number of guanidine groups is 1. The molecule has 0 radical (unpaired) electrons. The fourth-order valence-electron chi connectivity index (χ4n) is 3.33. The zero-order valence-corrected chi connectivity index (χ0v) is 18.7. The van der Waals surface area contributed by atoms with Crippen LogP contribution in [-0.2, 0) is 14.3 Å². The van der Waals surface area contributed by atoms with E-state index in [9.17, 15) is 4.79 Å². The summed E-state index contributed by atoms with van der Waals surface area (Å²) in [6, 6.07) is 0.726. The molecule has 1 aliphatic carbocycles. The van der Waals surface area contributed by atoms with Crippen LogP contribution in [0.2, 0.25) is 0 Å².